The van der Waals surface area contributed by atoms with Gasteiger partial charge in [0.15, 0.2) is 0 Å². The average molecular weight is 253 g/mol. The van der Waals surface area contributed by atoms with E-state index in [2.05, 4.69) is 4.90 Å². The first-order valence-electron chi connectivity index (χ1n) is 6.96. The molecule has 18 heavy (non-hydrogen) atoms. The molecule has 2 heterocycles. The van der Waals surface area contributed by atoms with Crippen molar-refractivity contribution in [3.8, 4) is 0 Å². The molecule has 0 aromatic heterocycles. The molecule has 1 unspecified atom stereocenters. The fourth-order valence-corrected chi connectivity index (χ4v) is 2.84. The van der Waals surface area contributed by atoms with E-state index in [0.717, 1.165) is 32.5 Å². The zero-order valence-electron chi connectivity index (χ0n) is 10.9. The lowest BCUT2D eigenvalue weighted by molar-refractivity contribution is -0.136. The molecule has 0 spiro atoms. The molecule has 0 aliphatic carbocycles. The van der Waals surface area contributed by atoms with E-state index in [9.17, 15) is 9.59 Å². The second-order valence-electron chi connectivity index (χ2n) is 5.42. The smallest absolute Gasteiger partial charge is 0.236 e. The number of amides is 2. The lowest BCUT2D eigenvalue weighted by Crippen LogP contribution is -2.48. The largest absolute Gasteiger partial charge is 0.369 e. The van der Waals surface area contributed by atoms with Crippen molar-refractivity contribution in [1.29, 1.82) is 0 Å². The van der Waals surface area contributed by atoms with Gasteiger partial charge in [0, 0.05) is 13.1 Å². The van der Waals surface area contributed by atoms with Crippen molar-refractivity contribution in [3.63, 3.8) is 0 Å². The van der Waals surface area contributed by atoms with E-state index in [4.69, 9.17) is 5.73 Å². The van der Waals surface area contributed by atoms with Crippen LogP contribution in [0.15, 0.2) is 0 Å². The topological polar surface area (TPSA) is 66.6 Å². The molecule has 2 rings (SSSR count). The van der Waals surface area contributed by atoms with Gasteiger partial charge in [-0.3, -0.25) is 14.5 Å². The molecule has 0 saturated carbocycles. The molecule has 2 saturated heterocycles. The van der Waals surface area contributed by atoms with Crippen LogP contribution in [0, 0.1) is 5.92 Å². The third-order valence-electron chi connectivity index (χ3n) is 3.98. The van der Waals surface area contributed by atoms with E-state index in [1.165, 1.54) is 19.3 Å². The van der Waals surface area contributed by atoms with Gasteiger partial charge in [0.25, 0.3) is 0 Å². The number of rotatable bonds is 3. The van der Waals surface area contributed by atoms with Gasteiger partial charge in [-0.2, -0.15) is 0 Å². The maximum absolute atomic E-state index is 12.2. The van der Waals surface area contributed by atoms with Gasteiger partial charge >= 0.3 is 0 Å². The summed E-state index contributed by atoms with van der Waals surface area (Å²) in [7, 11) is 0. The molecule has 0 aromatic carbocycles. The van der Waals surface area contributed by atoms with Gasteiger partial charge in [-0.15, -0.1) is 0 Å². The van der Waals surface area contributed by atoms with Crippen LogP contribution in [-0.2, 0) is 9.59 Å². The van der Waals surface area contributed by atoms with E-state index in [-0.39, 0.29) is 17.7 Å². The molecule has 2 fully saturated rings. The summed E-state index contributed by atoms with van der Waals surface area (Å²) in [6.07, 6.45) is 5.37. The normalized spacial score (nSPS) is 26.0. The summed E-state index contributed by atoms with van der Waals surface area (Å²) in [5.74, 6) is -0.266. The van der Waals surface area contributed by atoms with Crippen LogP contribution in [0.5, 0.6) is 0 Å². The maximum atomic E-state index is 12.2. The number of likely N-dealkylation sites (tertiary alicyclic amines) is 2. The number of carbonyl (C=O) groups excluding carboxylic acids is 2. The summed E-state index contributed by atoms with van der Waals surface area (Å²) in [4.78, 5) is 27.4. The first-order valence-corrected chi connectivity index (χ1v) is 6.96. The van der Waals surface area contributed by atoms with Gasteiger partial charge in [-0.1, -0.05) is 6.42 Å². The van der Waals surface area contributed by atoms with Crippen LogP contribution in [-0.4, -0.2) is 54.3 Å². The van der Waals surface area contributed by atoms with Crippen LogP contribution in [0.4, 0.5) is 0 Å². The summed E-state index contributed by atoms with van der Waals surface area (Å²) in [5, 5.41) is 0. The van der Waals surface area contributed by atoms with Crippen LogP contribution in [0.2, 0.25) is 0 Å². The molecular weight excluding hydrogens is 230 g/mol. The molecule has 1 atom stereocenters. The molecule has 5 heteroatoms. The Morgan fingerprint density at radius 3 is 2.44 bits per heavy atom. The van der Waals surface area contributed by atoms with E-state index < -0.39 is 0 Å². The molecule has 2 amide bonds. The predicted molar refractivity (Wildman–Crippen MR) is 68.8 cm³/mol. The van der Waals surface area contributed by atoms with Gasteiger partial charge in [-0.05, 0) is 38.8 Å². The summed E-state index contributed by atoms with van der Waals surface area (Å²) >= 11 is 0. The van der Waals surface area contributed by atoms with E-state index in [1.807, 2.05) is 4.90 Å². The van der Waals surface area contributed by atoms with Gasteiger partial charge < -0.3 is 10.6 Å². The average Bonchev–Trinajstić information content (AvgIpc) is 2.40. The highest BCUT2D eigenvalue weighted by molar-refractivity contribution is 5.81. The molecule has 2 aliphatic rings. The van der Waals surface area contributed by atoms with Gasteiger partial charge in [-0.25, -0.2) is 0 Å². The van der Waals surface area contributed by atoms with Crippen LogP contribution >= 0.6 is 0 Å². The molecule has 2 N–H and O–H groups in total. The predicted octanol–water partition coefficient (Wildman–Crippen LogP) is 0.196. The van der Waals surface area contributed by atoms with Gasteiger partial charge in [0.1, 0.15) is 0 Å². The third kappa shape index (κ3) is 3.45. The highest BCUT2D eigenvalue weighted by atomic mass is 16.2. The molecule has 102 valence electrons. The lowest BCUT2D eigenvalue weighted by Gasteiger charge is -2.34. The second-order valence-corrected chi connectivity index (χ2v) is 5.42. The van der Waals surface area contributed by atoms with Gasteiger partial charge in [0.2, 0.25) is 11.8 Å². The molecule has 0 aromatic rings. The fourth-order valence-electron chi connectivity index (χ4n) is 2.84. The Labute approximate surface area is 108 Å². The van der Waals surface area contributed by atoms with Crippen molar-refractivity contribution in [2.24, 2.45) is 11.7 Å². The molecule has 0 radical (unpaired) electrons. The first kappa shape index (κ1) is 13.3. The van der Waals surface area contributed by atoms with Crippen molar-refractivity contribution < 1.29 is 9.59 Å². The van der Waals surface area contributed by atoms with Crippen molar-refractivity contribution in [1.82, 2.24) is 9.80 Å². The van der Waals surface area contributed by atoms with Crippen LogP contribution in [0.25, 0.3) is 0 Å². The molecular formula is C13H23N3O2. The Bertz CT molecular complexity index is 313. The number of nitrogens with two attached hydrogens (primary N) is 1. The highest BCUT2D eigenvalue weighted by Gasteiger charge is 2.27. The number of primary amides is 1. The third-order valence-corrected chi connectivity index (χ3v) is 3.98. The summed E-state index contributed by atoms with van der Waals surface area (Å²) in [5.41, 5.74) is 5.33. The van der Waals surface area contributed by atoms with Crippen molar-refractivity contribution in [3.05, 3.63) is 0 Å². The van der Waals surface area contributed by atoms with Crippen molar-refractivity contribution in [2.75, 3.05) is 32.7 Å². The number of piperidine rings is 2. The fraction of sp³-hybridized carbons (Fsp3) is 0.846. The second kappa shape index (κ2) is 6.18. The van der Waals surface area contributed by atoms with Crippen molar-refractivity contribution >= 4 is 11.8 Å². The Hall–Kier alpha value is -1.10. The Balaban J connectivity index is 1.82. The minimum absolute atomic E-state index is 0.149. The maximum Gasteiger partial charge on any atom is 0.236 e. The molecule has 0 bridgehead atoms. The number of hydrogen-bond donors (Lipinski definition) is 1. The monoisotopic (exact) mass is 253 g/mol. The molecule has 5 nitrogen and oxygen atoms in total. The zero-order chi connectivity index (χ0) is 13.0. The van der Waals surface area contributed by atoms with Crippen molar-refractivity contribution in [2.45, 2.75) is 32.1 Å². The summed E-state index contributed by atoms with van der Waals surface area (Å²) < 4.78 is 0. The number of nitrogens with zero attached hydrogens (tertiary/aromatic N) is 2. The summed E-state index contributed by atoms with van der Waals surface area (Å²) in [6.45, 7) is 3.85. The first-order chi connectivity index (χ1) is 8.66. The van der Waals surface area contributed by atoms with E-state index >= 15 is 0 Å². The Morgan fingerprint density at radius 1 is 1.06 bits per heavy atom. The standard InChI is InChI=1S/C13H23N3O2/c14-13(18)11-5-4-8-16(9-11)12(17)10-15-6-2-1-3-7-15/h11H,1-10H2,(H2,14,18). The number of carbonyl (C=O) groups is 2. The van der Waals surface area contributed by atoms with E-state index in [1.54, 1.807) is 0 Å². The quantitative estimate of drug-likeness (QED) is 0.781. The minimum Gasteiger partial charge on any atom is -0.369 e. The number of hydrogen-bond acceptors (Lipinski definition) is 3. The Morgan fingerprint density at radius 2 is 1.78 bits per heavy atom. The minimum atomic E-state index is -0.273. The Kier molecular flexibility index (Phi) is 4.58. The van der Waals surface area contributed by atoms with E-state index in [0.29, 0.717) is 13.1 Å². The zero-order valence-corrected chi connectivity index (χ0v) is 10.9. The van der Waals surface area contributed by atoms with Crippen LogP contribution in [0.3, 0.4) is 0 Å². The van der Waals surface area contributed by atoms with Crippen LogP contribution in [0.1, 0.15) is 32.1 Å². The van der Waals surface area contributed by atoms with Gasteiger partial charge in [0.05, 0.1) is 12.5 Å². The SMILES string of the molecule is NC(=O)C1CCCN(C(=O)CN2CCCCC2)C1. The summed E-state index contributed by atoms with van der Waals surface area (Å²) in [6, 6.07) is 0. The lowest BCUT2D eigenvalue weighted by atomic mass is 9.97. The van der Waals surface area contributed by atoms with Crippen LogP contribution < -0.4 is 5.73 Å². The molecule has 2 aliphatic heterocycles. The highest BCUT2D eigenvalue weighted by Crippen LogP contribution is 2.17.